The SMILES string of the molecule is CCOc1ccc(NC(=O)CSc2nnc(N3C(N)=C(C#N)C(c4ccc(OC)c(OC)c4)C4=C3CCCC4=O)s2)cc1. The van der Waals surface area contributed by atoms with Crippen molar-refractivity contribution in [2.45, 2.75) is 36.4 Å². The van der Waals surface area contributed by atoms with E-state index < -0.39 is 5.92 Å². The molecule has 0 bridgehead atoms. The van der Waals surface area contributed by atoms with Gasteiger partial charge in [-0.25, -0.2) is 0 Å². The van der Waals surface area contributed by atoms with Crippen molar-refractivity contribution in [3.63, 3.8) is 0 Å². The number of methoxy groups -OCH3 is 2. The van der Waals surface area contributed by atoms with E-state index in [2.05, 4.69) is 21.6 Å². The van der Waals surface area contributed by atoms with Gasteiger partial charge in [0.25, 0.3) is 0 Å². The molecule has 1 amide bonds. The zero-order valence-corrected chi connectivity index (χ0v) is 25.5. The number of nitrogens with one attached hydrogen (secondary N) is 1. The van der Waals surface area contributed by atoms with Gasteiger partial charge in [0.1, 0.15) is 11.6 Å². The Hall–Kier alpha value is -4.54. The number of nitrogens with two attached hydrogens (primary N) is 1. The number of ketones is 1. The summed E-state index contributed by atoms with van der Waals surface area (Å²) in [6.45, 7) is 2.47. The van der Waals surface area contributed by atoms with Crippen LogP contribution in [-0.2, 0) is 9.59 Å². The van der Waals surface area contributed by atoms with Crippen molar-refractivity contribution in [3.05, 3.63) is 70.7 Å². The zero-order chi connectivity index (χ0) is 30.5. The molecule has 1 unspecified atom stereocenters. The van der Waals surface area contributed by atoms with E-state index in [0.29, 0.717) is 69.4 Å². The van der Waals surface area contributed by atoms with E-state index in [1.807, 2.05) is 13.0 Å². The number of benzene rings is 2. The minimum atomic E-state index is -0.656. The fourth-order valence-corrected chi connectivity index (χ4v) is 6.83. The van der Waals surface area contributed by atoms with E-state index >= 15 is 0 Å². The molecule has 2 heterocycles. The Morgan fingerprint density at radius 1 is 1.16 bits per heavy atom. The lowest BCUT2D eigenvalue weighted by Gasteiger charge is -2.38. The number of carbonyl (C=O) groups is 2. The molecule has 1 aliphatic heterocycles. The van der Waals surface area contributed by atoms with E-state index in [1.165, 1.54) is 30.2 Å². The summed E-state index contributed by atoms with van der Waals surface area (Å²) in [7, 11) is 3.08. The van der Waals surface area contributed by atoms with Crippen LogP contribution in [0.25, 0.3) is 0 Å². The van der Waals surface area contributed by atoms with Crippen LogP contribution in [0.3, 0.4) is 0 Å². The number of aromatic nitrogens is 2. The van der Waals surface area contributed by atoms with Gasteiger partial charge in [-0.05, 0) is 61.7 Å². The van der Waals surface area contributed by atoms with E-state index in [0.717, 1.165) is 5.75 Å². The lowest BCUT2D eigenvalue weighted by molar-refractivity contribution is -0.116. The maximum Gasteiger partial charge on any atom is 0.234 e. The molecule has 0 fully saturated rings. The lowest BCUT2D eigenvalue weighted by Crippen LogP contribution is -2.38. The average Bonchev–Trinajstić information content (AvgIpc) is 3.48. The van der Waals surface area contributed by atoms with Crippen molar-refractivity contribution in [1.82, 2.24) is 10.2 Å². The summed E-state index contributed by atoms with van der Waals surface area (Å²) in [6.07, 6.45) is 1.60. The number of hydrogen-bond acceptors (Lipinski definition) is 12. The number of ether oxygens (including phenoxy) is 3. The number of anilines is 2. The van der Waals surface area contributed by atoms with Gasteiger partial charge in [0.2, 0.25) is 11.0 Å². The fraction of sp³-hybridized carbons (Fsp3) is 0.300. The van der Waals surface area contributed by atoms with Crippen LogP contribution in [0.5, 0.6) is 17.2 Å². The molecule has 0 spiro atoms. The fourth-order valence-electron chi connectivity index (χ4n) is 5.15. The predicted octanol–water partition coefficient (Wildman–Crippen LogP) is 4.99. The van der Waals surface area contributed by atoms with E-state index in [9.17, 15) is 14.9 Å². The number of hydrogen-bond donors (Lipinski definition) is 2. The van der Waals surface area contributed by atoms with Crippen LogP contribution < -0.4 is 30.2 Å². The largest absolute Gasteiger partial charge is 0.494 e. The molecule has 11 nitrogen and oxygen atoms in total. The molecule has 3 aromatic rings. The van der Waals surface area contributed by atoms with Gasteiger partial charge < -0.3 is 25.3 Å². The van der Waals surface area contributed by atoms with Crippen molar-refractivity contribution in [1.29, 1.82) is 5.26 Å². The van der Waals surface area contributed by atoms with E-state index in [-0.39, 0.29) is 28.8 Å². The monoisotopic (exact) mass is 618 g/mol. The number of amides is 1. The minimum absolute atomic E-state index is 0.0450. The van der Waals surface area contributed by atoms with Gasteiger partial charge in [0, 0.05) is 23.4 Å². The maximum absolute atomic E-state index is 13.4. The Kier molecular flexibility index (Phi) is 9.18. The first-order valence-electron chi connectivity index (χ1n) is 13.6. The Morgan fingerprint density at radius 3 is 2.63 bits per heavy atom. The number of allylic oxidation sites excluding steroid dienone is 3. The third kappa shape index (κ3) is 6.16. The van der Waals surface area contributed by atoms with Gasteiger partial charge in [-0.2, -0.15) is 5.26 Å². The van der Waals surface area contributed by atoms with Crippen LogP contribution in [0, 0.1) is 11.3 Å². The Balaban J connectivity index is 1.39. The first-order valence-corrected chi connectivity index (χ1v) is 15.4. The summed E-state index contributed by atoms with van der Waals surface area (Å²) in [6, 6.07) is 14.7. The van der Waals surface area contributed by atoms with Gasteiger partial charge in [-0.15, -0.1) is 10.2 Å². The summed E-state index contributed by atoms with van der Waals surface area (Å²) in [5, 5.41) is 22.2. The molecule has 5 rings (SSSR count). The van der Waals surface area contributed by atoms with Gasteiger partial charge in [-0.1, -0.05) is 29.2 Å². The number of nitriles is 1. The zero-order valence-electron chi connectivity index (χ0n) is 23.9. The quantitative estimate of drug-likeness (QED) is 0.296. The lowest BCUT2D eigenvalue weighted by atomic mass is 9.75. The van der Waals surface area contributed by atoms with Crippen LogP contribution in [0.2, 0.25) is 0 Å². The van der Waals surface area contributed by atoms with Crippen molar-refractivity contribution >= 4 is 45.6 Å². The van der Waals surface area contributed by atoms with Crippen molar-refractivity contribution in [2.24, 2.45) is 5.73 Å². The van der Waals surface area contributed by atoms with Crippen molar-refractivity contribution < 1.29 is 23.8 Å². The molecule has 0 saturated heterocycles. The first-order chi connectivity index (χ1) is 20.9. The van der Waals surface area contributed by atoms with Crippen LogP contribution >= 0.6 is 23.1 Å². The smallest absolute Gasteiger partial charge is 0.234 e. The number of rotatable bonds is 10. The predicted molar refractivity (Wildman–Crippen MR) is 164 cm³/mol. The third-order valence-corrected chi connectivity index (χ3v) is 9.06. The number of carbonyl (C=O) groups excluding carboxylic acids is 2. The molecule has 0 radical (unpaired) electrons. The molecule has 222 valence electrons. The van der Waals surface area contributed by atoms with Crippen molar-refractivity contribution in [2.75, 3.05) is 36.8 Å². The average molecular weight is 619 g/mol. The minimum Gasteiger partial charge on any atom is -0.494 e. The highest BCUT2D eigenvalue weighted by Gasteiger charge is 2.41. The van der Waals surface area contributed by atoms with Gasteiger partial charge in [-0.3, -0.25) is 14.5 Å². The molecule has 2 aliphatic rings. The van der Waals surface area contributed by atoms with Crippen molar-refractivity contribution in [3.8, 4) is 23.3 Å². The first kappa shape index (κ1) is 29.9. The van der Waals surface area contributed by atoms with Crippen LogP contribution in [0.15, 0.2) is 69.5 Å². The number of Topliss-reactive ketones (excluding diaryl/α,β-unsaturated/α-hetero) is 1. The molecule has 1 aliphatic carbocycles. The van der Waals surface area contributed by atoms with Gasteiger partial charge in [0.15, 0.2) is 21.6 Å². The second kappa shape index (κ2) is 13.2. The molecular formula is C30H30N6O5S2. The second-order valence-corrected chi connectivity index (χ2v) is 11.8. The highest BCUT2D eigenvalue weighted by atomic mass is 32.2. The summed E-state index contributed by atoms with van der Waals surface area (Å²) >= 11 is 2.48. The Bertz CT molecular complexity index is 1640. The molecule has 13 heteroatoms. The van der Waals surface area contributed by atoms with Crippen LogP contribution in [-0.4, -0.2) is 48.5 Å². The molecule has 43 heavy (non-hydrogen) atoms. The summed E-state index contributed by atoms with van der Waals surface area (Å²) in [5.74, 6) is 1.16. The molecule has 3 N–H and O–H groups in total. The normalized spacial score (nSPS) is 16.5. The number of nitrogens with zero attached hydrogens (tertiary/aromatic N) is 4. The molecule has 2 aromatic carbocycles. The highest BCUT2D eigenvalue weighted by molar-refractivity contribution is 8.01. The van der Waals surface area contributed by atoms with Crippen LogP contribution in [0.1, 0.15) is 37.7 Å². The van der Waals surface area contributed by atoms with E-state index in [1.54, 1.807) is 48.4 Å². The van der Waals surface area contributed by atoms with Gasteiger partial charge in [0.05, 0.1) is 44.1 Å². The summed E-state index contributed by atoms with van der Waals surface area (Å²) in [5.41, 5.74) is 9.48. The number of thioether (sulfide) groups is 1. The van der Waals surface area contributed by atoms with Crippen LogP contribution in [0.4, 0.5) is 10.8 Å². The molecule has 1 aromatic heterocycles. The third-order valence-electron chi connectivity index (χ3n) is 7.02. The highest BCUT2D eigenvalue weighted by Crippen LogP contribution is 2.48. The summed E-state index contributed by atoms with van der Waals surface area (Å²) < 4.78 is 16.8. The summed E-state index contributed by atoms with van der Waals surface area (Å²) in [4.78, 5) is 27.7. The van der Waals surface area contributed by atoms with E-state index in [4.69, 9.17) is 19.9 Å². The molecular weight excluding hydrogens is 589 g/mol. The Labute approximate surface area is 257 Å². The standard InChI is InChI=1S/C30H30N6O5S2/c1-4-41-19-11-9-18(10-12-19)33-25(38)16-42-30-35-34-29(43-30)36-21-6-5-7-22(37)27(21)26(20(15-31)28(36)32)17-8-13-23(39-2)24(14-17)40-3/h8-14,26H,4-7,16,32H2,1-3H3,(H,33,38). The van der Waals surface area contributed by atoms with Gasteiger partial charge >= 0.3 is 0 Å². The molecule has 1 atom stereocenters. The maximum atomic E-state index is 13.4. The second-order valence-electron chi connectivity index (χ2n) is 9.58. The Morgan fingerprint density at radius 2 is 1.93 bits per heavy atom. The topological polar surface area (TPSA) is 153 Å². The molecule has 0 saturated carbocycles.